The molecule has 0 amide bonds. The van der Waals surface area contributed by atoms with E-state index in [1.165, 1.54) is 37.8 Å². The van der Waals surface area contributed by atoms with Crippen molar-refractivity contribution in [3.05, 3.63) is 18.0 Å². The minimum atomic E-state index is 0.446. The SMILES string of the molecule is CCC(CC)n1ccc(CC2(C)CCC(Br)C2)n1. The smallest absolute Gasteiger partial charge is 0.0630 e. The van der Waals surface area contributed by atoms with Gasteiger partial charge in [-0.25, -0.2) is 0 Å². The Kier molecular flexibility index (Phi) is 4.52. The van der Waals surface area contributed by atoms with Gasteiger partial charge in [0.15, 0.2) is 0 Å². The van der Waals surface area contributed by atoms with E-state index in [9.17, 15) is 0 Å². The summed E-state index contributed by atoms with van der Waals surface area (Å²) < 4.78 is 2.17. The van der Waals surface area contributed by atoms with Crippen molar-refractivity contribution >= 4 is 15.9 Å². The summed E-state index contributed by atoms with van der Waals surface area (Å²) in [4.78, 5) is 0.712. The summed E-state index contributed by atoms with van der Waals surface area (Å²) in [6.07, 6.45) is 9.53. The topological polar surface area (TPSA) is 17.8 Å². The molecule has 0 bridgehead atoms. The Morgan fingerprint density at radius 2 is 2.22 bits per heavy atom. The van der Waals surface area contributed by atoms with Crippen molar-refractivity contribution in [2.24, 2.45) is 5.41 Å². The second-order valence-corrected chi connectivity index (χ2v) is 7.38. The molecule has 3 heteroatoms. The van der Waals surface area contributed by atoms with E-state index < -0.39 is 0 Å². The molecule has 0 radical (unpaired) electrons. The van der Waals surface area contributed by atoms with Crippen molar-refractivity contribution in [1.82, 2.24) is 9.78 Å². The Morgan fingerprint density at radius 1 is 1.50 bits per heavy atom. The van der Waals surface area contributed by atoms with Crippen LogP contribution >= 0.6 is 15.9 Å². The van der Waals surface area contributed by atoms with Crippen molar-refractivity contribution in [2.45, 2.75) is 70.2 Å². The first-order valence-electron chi connectivity index (χ1n) is 7.24. The van der Waals surface area contributed by atoms with Crippen LogP contribution in [-0.2, 0) is 6.42 Å². The molecule has 0 saturated heterocycles. The van der Waals surface area contributed by atoms with Gasteiger partial charge in [0.05, 0.1) is 11.7 Å². The Labute approximate surface area is 119 Å². The Bertz CT molecular complexity index is 384. The van der Waals surface area contributed by atoms with Crippen LogP contribution in [0.5, 0.6) is 0 Å². The average molecular weight is 313 g/mol. The molecule has 1 heterocycles. The molecule has 2 nitrogen and oxygen atoms in total. The van der Waals surface area contributed by atoms with Crippen LogP contribution in [0.4, 0.5) is 0 Å². The Hall–Kier alpha value is -0.310. The molecule has 0 spiro atoms. The van der Waals surface area contributed by atoms with Gasteiger partial charge in [0.1, 0.15) is 0 Å². The van der Waals surface area contributed by atoms with E-state index in [-0.39, 0.29) is 0 Å². The lowest BCUT2D eigenvalue weighted by molar-refractivity contribution is 0.328. The fourth-order valence-corrected chi connectivity index (χ4v) is 4.19. The second-order valence-electron chi connectivity index (χ2n) is 6.08. The van der Waals surface area contributed by atoms with Crippen LogP contribution in [0.3, 0.4) is 0 Å². The first-order valence-corrected chi connectivity index (χ1v) is 8.16. The number of hydrogen-bond acceptors (Lipinski definition) is 1. The molecule has 1 aromatic rings. The van der Waals surface area contributed by atoms with Gasteiger partial charge in [-0.1, -0.05) is 36.7 Å². The molecule has 0 N–H and O–H groups in total. The van der Waals surface area contributed by atoms with E-state index in [0.29, 0.717) is 16.3 Å². The van der Waals surface area contributed by atoms with Gasteiger partial charge in [-0.15, -0.1) is 0 Å². The Balaban J connectivity index is 2.02. The molecule has 1 aliphatic carbocycles. The van der Waals surface area contributed by atoms with Gasteiger partial charge in [-0.3, -0.25) is 4.68 Å². The fourth-order valence-electron chi connectivity index (χ4n) is 3.18. The van der Waals surface area contributed by atoms with Gasteiger partial charge in [0.25, 0.3) is 0 Å². The van der Waals surface area contributed by atoms with E-state index in [0.717, 1.165) is 6.42 Å². The number of alkyl halides is 1. The van der Waals surface area contributed by atoms with Crippen LogP contribution in [0.15, 0.2) is 12.3 Å². The van der Waals surface area contributed by atoms with Gasteiger partial charge >= 0.3 is 0 Å². The molecule has 1 aromatic heterocycles. The van der Waals surface area contributed by atoms with Crippen LogP contribution in [0, 0.1) is 5.41 Å². The largest absolute Gasteiger partial charge is 0.269 e. The van der Waals surface area contributed by atoms with Gasteiger partial charge in [0, 0.05) is 11.0 Å². The molecule has 2 atom stereocenters. The van der Waals surface area contributed by atoms with Crippen LogP contribution in [0.1, 0.15) is 64.6 Å². The predicted molar refractivity (Wildman–Crippen MR) is 80.2 cm³/mol. The van der Waals surface area contributed by atoms with E-state index in [1.807, 2.05) is 0 Å². The summed E-state index contributed by atoms with van der Waals surface area (Å²) in [5.41, 5.74) is 1.72. The highest BCUT2D eigenvalue weighted by atomic mass is 79.9. The molecule has 1 saturated carbocycles. The minimum absolute atomic E-state index is 0.446. The summed E-state index contributed by atoms with van der Waals surface area (Å²) in [5, 5.41) is 4.79. The third-order valence-electron chi connectivity index (χ3n) is 4.36. The molecule has 1 aliphatic rings. The van der Waals surface area contributed by atoms with Crippen LogP contribution in [0.25, 0.3) is 0 Å². The number of aromatic nitrogens is 2. The highest BCUT2D eigenvalue weighted by Gasteiger charge is 2.34. The van der Waals surface area contributed by atoms with Gasteiger partial charge < -0.3 is 0 Å². The number of nitrogens with zero attached hydrogens (tertiary/aromatic N) is 2. The van der Waals surface area contributed by atoms with Crippen LogP contribution < -0.4 is 0 Å². The molecular weight excluding hydrogens is 288 g/mol. The monoisotopic (exact) mass is 312 g/mol. The van der Waals surface area contributed by atoms with Gasteiger partial charge in [-0.05, 0) is 50.0 Å². The summed E-state index contributed by atoms with van der Waals surface area (Å²) in [5.74, 6) is 0. The van der Waals surface area contributed by atoms with E-state index >= 15 is 0 Å². The van der Waals surface area contributed by atoms with Gasteiger partial charge in [-0.2, -0.15) is 5.10 Å². The van der Waals surface area contributed by atoms with Crippen molar-refractivity contribution in [3.63, 3.8) is 0 Å². The molecule has 2 unspecified atom stereocenters. The lowest BCUT2D eigenvalue weighted by Crippen LogP contribution is -2.16. The Morgan fingerprint density at radius 3 is 2.78 bits per heavy atom. The number of rotatable bonds is 5. The molecule has 2 rings (SSSR count). The first-order chi connectivity index (χ1) is 8.56. The molecule has 0 aliphatic heterocycles. The number of hydrogen-bond donors (Lipinski definition) is 0. The summed E-state index contributed by atoms with van der Waals surface area (Å²) in [6, 6.07) is 2.78. The zero-order valence-electron chi connectivity index (χ0n) is 11.8. The summed E-state index contributed by atoms with van der Waals surface area (Å²) >= 11 is 3.75. The highest BCUT2D eigenvalue weighted by Crippen LogP contribution is 2.43. The van der Waals surface area contributed by atoms with Crippen LogP contribution in [-0.4, -0.2) is 14.6 Å². The lowest BCUT2D eigenvalue weighted by atomic mass is 9.84. The molecule has 102 valence electrons. The maximum Gasteiger partial charge on any atom is 0.0630 e. The number of halogens is 1. The van der Waals surface area contributed by atoms with E-state index in [2.05, 4.69) is 53.6 Å². The zero-order chi connectivity index (χ0) is 13.2. The second kappa shape index (κ2) is 5.77. The van der Waals surface area contributed by atoms with Crippen LogP contribution in [0.2, 0.25) is 0 Å². The molecule has 1 fully saturated rings. The van der Waals surface area contributed by atoms with Crippen molar-refractivity contribution < 1.29 is 0 Å². The predicted octanol–water partition coefficient (Wildman–Crippen LogP) is 4.74. The van der Waals surface area contributed by atoms with Crippen molar-refractivity contribution in [3.8, 4) is 0 Å². The zero-order valence-corrected chi connectivity index (χ0v) is 13.4. The average Bonchev–Trinajstić information content (AvgIpc) is 2.89. The van der Waals surface area contributed by atoms with E-state index in [4.69, 9.17) is 5.10 Å². The van der Waals surface area contributed by atoms with Crippen molar-refractivity contribution in [2.75, 3.05) is 0 Å². The standard InChI is InChI=1S/C15H25BrN2/c1-4-14(5-2)18-9-7-13(17-18)11-15(3)8-6-12(16)10-15/h7,9,12,14H,4-6,8,10-11H2,1-3H3. The molecule has 18 heavy (non-hydrogen) atoms. The van der Waals surface area contributed by atoms with Gasteiger partial charge in [0.2, 0.25) is 0 Å². The first kappa shape index (κ1) is 14.1. The quantitative estimate of drug-likeness (QED) is 0.718. The lowest BCUT2D eigenvalue weighted by Gasteiger charge is -2.22. The maximum absolute atomic E-state index is 4.79. The minimum Gasteiger partial charge on any atom is -0.269 e. The highest BCUT2D eigenvalue weighted by molar-refractivity contribution is 9.09. The third-order valence-corrected chi connectivity index (χ3v) is 5.15. The molecule has 0 aromatic carbocycles. The third kappa shape index (κ3) is 3.17. The maximum atomic E-state index is 4.79. The normalized spacial score (nSPS) is 28.2. The fraction of sp³-hybridized carbons (Fsp3) is 0.800. The summed E-state index contributed by atoms with van der Waals surface area (Å²) in [7, 11) is 0. The molecular formula is C15H25BrN2. The van der Waals surface area contributed by atoms with Crippen molar-refractivity contribution in [1.29, 1.82) is 0 Å². The summed E-state index contributed by atoms with van der Waals surface area (Å²) in [6.45, 7) is 6.89. The van der Waals surface area contributed by atoms with E-state index in [1.54, 1.807) is 0 Å².